The van der Waals surface area contributed by atoms with Gasteiger partial charge in [0.15, 0.2) is 0 Å². The molecule has 0 atom stereocenters. The molecule has 0 bridgehead atoms. The molecule has 3 amide bonds. The molecule has 0 fully saturated rings. The van der Waals surface area contributed by atoms with Gasteiger partial charge in [0.05, 0.1) is 22.9 Å². The normalized spacial score (nSPS) is 11.0. The van der Waals surface area contributed by atoms with Crippen molar-refractivity contribution in [2.45, 2.75) is 13.1 Å². The maximum absolute atomic E-state index is 12.6. The summed E-state index contributed by atoms with van der Waals surface area (Å²) >= 11 is 6.03. The van der Waals surface area contributed by atoms with Crippen LogP contribution in [0.5, 0.6) is 0 Å². The fourth-order valence-corrected chi connectivity index (χ4v) is 2.32. The van der Waals surface area contributed by atoms with Crippen molar-refractivity contribution in [1.82, 2.24) is 10.6 Å². The topological polar surface area (TPSA) is 82.3 Å². The molecule has 0 saturated heterocycles. The summed E-state index contributed by atoms with van der Waals surface area (Å²) in [5, 5.41) is 10.6. The Kier molecular flexibility index (Phi) is 7.24. The molecule has 2 rings (SSSR count). The van der Waals surface area contributed by atoms with Crippen molar-refractivity contribution in [2.75, 3.05) is 23.8 Å². The third kappa shape index (κ3) is 6.14. The van der Waals surface area contributed by atoms with E-state index in [0.717, 1.165) is 24.3 Å². The number of nitrogens with one attached hydrogen (secondary N) is 4. The molecule has 6 nitrogen and oxygen atoms in total. The minimum Gasteiger partial charge on any atom is -0.339 e. The first-order valence-electron chi connectivity index (χ1n) is 8.24. The minimum atomic E-state index is -4.46. The number of hydrogen-bond acceptors (Lipinski definition) is 3. The monoisotopic (exact) mass is 414 g/mol. The molecule has 0 aromatic heterocycles. The highest BCUT2D eigenvalue weighted by atomic mass is 35.5. The number of halogens is 4. The van der Waals surface area contributed by atoms with Gasteiger partial charge in [0.25, 0.3) is 5.91 Å². The van der Waals surface area contributed by atoms with Crippen molar-refractivity contribution < 1.29 is 22.8 Å². The van der Waals surface area contributed by atoms with Gasteiger partial charge in [0, 0.05) is 11.3 Å². The van der Waals surface area contributed by atoms with Crippen LogP contribution in [0.2, 0.25) is 5.02 Å². The molecular weight excluding hydrogens is 397 g/mol. The summed E-state index contributed by atoms with van der Waals surface area (Å²) in [6.45, 7) is 2.87. The molecule has 0 saturated carbocycles. The molecule has 0 aliphatic heterocycles. The van der Waals surface area contributed by atoms with Gasteiger partial charge in [-0.25, -0.2) is 4.79 Å². The van der Waals surface area contributed by atoms with E-state index in [-0.39, 0.29) is 34.5 Å². The summed E-state index contributed by atoms with van der Waals surface area (Å²) in [4.78, 5) is 24.2. The van der Waals surface area contributed by atoms with E-state index < -0.39 is 17.8 Å². The van der Waals surface area contributed by atoms with Crippen LogP contribution in [-0.4, -0.2) is 25.2 Å². The van der Waals surface area contributed by atoms with Crippen LogP contribution in [0.1, 0.15) is 22.8 Å². The number of alkyl halides is 3. The number of amides is 3. The van der Waals surface area contributed by atoms with Crippen molar-refractivity contribution in [1.29, 1.82) is 0 Å². The van der Waals surface area contributed by atoms with Crippen LogP contribution in [-0.2, 0) is 6.18 Å². The lowest BCUT2D eigenvalue weighted by Crippen LogP contribution is -2.33. The average molecular weight is 415 g/mol. The lowest BCUT2D eigenvalue weighted by Gasteiger charge is -2.12. The van der Waals surface area contributed by atoms with Crippen LogP contribution in [0.3, 0.4) is 0 Å². The van der Waals surface area contributed by atoms with Crippen molar-refractivity contribution >= 4 is 34.9 Å². The number of rotatable bonds is 6. The van der Waals surface area contributed by atoms with Crippen molar-refractivity contribution in [3.63, 3.8) is 0 Å². The number of hydrogen-bond donors (Lipinski definition) is 4. The van der Waals surface area contributed by atoms with Crippen LogP contribution in [0, 0.1) is 0 Å². The highest BCUT2D eigenvalue weighted by molar-refractivity contribution is 6.34. The van der Waals surface area contributed by atoms with E-state index in [1.165, 1.54) is 18.2 Å². The molecule has 0 unspecified atom stereocenters. The van der Waals surface area contributed by atoms with Gasteiger partial charge in [-0.05, 0) is 49.0 Å². The summed E-state index contributed by atoms with van der Waals surface area (Å²) < 4.78 is 37.7. The van der Waals surface area contributed by atoms with Crippen molar-refractivity contribution in [2.24, 2.45) is 0 Å². The molecule has 0 radical (unpaired) electrons. The molecule has 10 heteroatoms. The van der Waals surface area contributed by atoms with Crippen LogP contribution in [0.25, 0.3) is 0 Å². The fraction of sp³-hybridized carbons (Fsp3) is 0.222. The number of benzene rings is 2. The Hall–Kier alpha value is -2.78. The van der Waals surface area contributed by atoms with E-state index in [1.54, 1.807) is 0 Å². The summed E-state index contributed by atoms with van der Waals surface area (Å²) in [5.41, 5.74) is -0.187. The van der Waals surface area contributed by atoms with Gasteiger partial charge in [0.1, 0.15) is 0 Å². The maximum atomic E-state index is 12.6. The minimum absolute atomic E-state index is 0.168. The summed E-state index contributed by atoms with van der Waals surface area (Å²) in [6.07, 6.45) is -4.46. The van der Waals surface area contributed by atoms with Gasteiger partial charge in [-0.15, -0.1) is 0 Å². The Morgan fingerprint density at radius 2 is 1.71 bits per heavy atom. The van der Waals surface area contributed by atoms with Gasteiger partial charge in [-0.1, -0.05) is 18.5 Å². The Balaban J connectivity index is 2.03. The molecule has 0 heterocycles. The molecule has 0 aliphatic carbocycles. The fourth-order valence-electron chi connectivity index (χ4n) is 2.16. The second-order valence-corrected chi connectivity index (χ2v) is 6.04. The van der Waals surface area contributed by atoms with Gasteiger partial charge < -0.3 is 21.3 Å². The Morgan fingerprint density at radius 3 is 2.32 bits per heavy atom. The van der Waals surface area contributed by atoms with E-state index in [1.807, 2.05) is 6.92 Å². The first-order valence-corrected chi connectivity index (χ1v) is 8.62. The summed E-state index contributed by atoms with van der Waals surface area (Å²) in [6, 6.07) is 7.63. The molecule has 28 heavy (non-hydrogen) atoms. The first-order chi connectivity index (χ1) is 13.2. The smallest absolute Gasteiger partial charge is 0.339 e. The van der Waals surface area contributed by atoms with Crippen LogP contribution in [0.15, 0.2) is 42.5 Å². The van der Waals surface area contributed by atoms with E-state index in [2.05, 4.69) is 21.3 Å². The number of carbonyl (C=O) groups excluding carboxylic acids is 2. The second-order valence-electron chi connectivity index (χ2n) is 5.64. The zero-order chi connectivity index (χ0) is 20.7. The third-order valence-electron chi connectivity index (χ3n) is 3.57. The molecular formula is C18H18ClF3N4O2. The molecule has 0 aliphatic rings. The molecule has 2 aromatic rings. The van der Waals surface area contributed by atoms with Crippen LogP contribution < -0.4 is 21.3 Å². The molecule has 0 spiro atoms. The number of carbonyl (C=O) groups is 2. The Morgan fingerprint density at radius 1 is 1.04 bits per heavy atom. The summed E-state index contributed by atoms with van der Waals surface area (Å²) in [7, 11) is 0. The highest BCUT2D eigenvalue weighted by Crippen LogP contribution is 2.30. The second kappa shape index (κ2) is 9.43. The predicted molar refractivity (Wildman–Crippen MR) is 102 cm³/mol. The quantitative estimate of drug-likeness (QED) is 0.420. The Bertz CT molecular complexity index is 842. The maximum Gasteiger partial charge on any atom is 0.416 e. The SMILES string of the molecule is CCNCNC(=O)c1ccc(Cl)c(NC(=O)Nc2ccc(C(F)(F)F)cc2)c1. The first kappa shape index (κ1) is 21.5. The molecule has 2 aromatic carbocycles. The van der Waals surface area contributed by atoms with E-state index >= 15 is 0 Å². The van der Waals surface area contributed by atoms with E-state index in [0.29, 0.717) is 6.54 Å². The zero-order valence-corrected chi connectivity index (χ0v) is 15.5. The van der Waals surface area contributed by atoms with Crippen LogP contribution >= 0.6 is 11.6 Å². The van der Waals surface area contributed by atoms with Gasteiger partial charge >= 0.3 is 12.2 Å². The number of anilines is 2. The predicted octanol–water partition coefficient (Wildman–Crippen LogP) is 4.30. The zero-order valence-electron chi connectivity index (χ0n) is 14.8. The van der Waals surface area contributed by atoms with Crippen molar-refractivity contribution in [3.05, 3.63) is 58.6 Å². The van der Waals surface area contributed by atoms with Crippen molar-refractivity contribution in [3.8, 4) is 0 Å². The van der Waals surface area contributed by atoms with E-state index in [4.69, 9.17) is 11.6 Å². The number of urea groups is 1. The van der Waals surface area contributed by atoms with Gasteiger partial charge in [0.2, 0.25) is 0 Å². The lowest BCUT2D eigenvalue weighted by molar-refractivity contribution is -0.137. The molecule has 150 valence electrons. The summed E-state index contributed by atoms with van der Waals surface area (Å²) in [5.74, 6) is -0.358. The Labute approximate surface area is 164 Å². The largest absolute Gasteiger partial charge is 0.416 e. The standard InChI is InChI=1S/C18H18ClF3N4O2/c1-2-23-10-24-16(27)11-3-8-14(19)15(9-11)26-17(28)25-13-6-4-12(5-7-13)18(20,21)22/h3-9,23H,2,10H2,1H3,(H,24,27)(H2,25,26,28). The van der Waals surface area contributed by atoms with Gasteiger partial charge in [-0.3, -0.25) is 4.79 Å². The average Bonchev–Trinajstić information content (AvgIpc) is 2.63. The van der Waals surface area contributed by atoms with Gasteiger partial charge in [-0.2, -0.15) is 13.2 Å². The highest BCUT2D eigenvalue weighted by Gasteiger charge is 2.30. The lowest BCUT2D eigenvalue weighted by atomic mass is 10.2. The van der Waals surface area contributed by atoms with Crippen LogP contribution in [0.4, 0.5) is 29.3 Å². The van der Waals surface area contributed by atoms with E-state index in [9.17, 15) is 22.8 Å². The third-order valence-corrected chi connectivity index (χ3v) is 3.90. The molecule has 4 N–H and O–H groups in total.